The van der Waals surface area contributed by atoms with Gasteiger partial charge in [-0.1, -0.05) is 32.2 Å². The minimum absolute atomic E-state index is 0.516. The fourth-order valence-corrected chi connectivity index (χ4v) is 0.986. The lowest BCUT2D eigenvalue weighted by molar-refractivity contribution is 0.587. The van der Waals surface area contributed by atoms with E-state index in [2.05, 4.69) is 19.2 Å². The molecule has 1 unspecified atom stereocenters. The van der Waals surface area contributed by atoms with Crippen molar-refractivity contribution in [3.8, 4) is 0 Å². The van der Waals surface area contributed by atoms with Gasteiger partial charge >= 0.3 is 0 Å². The molecule has 0 amide bonds. The topological polar surface area (TPSA) is 12.0 Å². The summed E-state index contributed by atoms with van der Waals surface area (Å²) in [6.45, 7) is 4.36. The van der Waals surface area contributed by atoms with Gasteiger partial charge in [-0.05, 0) is 18.5 Å². The van der Waals surface area contributed by atoms with E-state index in [1.54, 1.807) is 0 Å². The first-order valence-electron chi connectivity index (χ1n) is 4.35. The van der Waals surface area contributed by atoms with Crippen molar-refractivity contribution in [1.29, 1.82) is 0 Å². The highest BCUT2D eigenvalue weighted by molar-refractivity contribution is 6.21. The lowest BCUT2D eigenvalue weighted by atomic mass is 9.82. The largest absolute Gasteiger partial charge is 0.395 e. The molecule has 0 rings (SSSR count). The molecule has 1 atom stereocenters. The lowest BCUT2D eigenvalue weighted by Crippen LogP contribution is -2.04. The molecule has 1 N–H and O–H groups in total. The first kappa shape index (κ1) is 10.6. The number of rotatable bonds is 5. The predicted molar refractivity (Wildman–Crippen MR) is 51.6 cm³/mol. The van der Waals surface area contributed by atoms with Crippen molar-refractivity contribution in [2.75, 3.05) is 7.05 Å². The van der Waals surface area contributed by atoms with E-state index in [1.807, 2.05) is 13.2 Å². The van der Waals surface area contributed by atoms with Crippen LogP contribution in [0, 0.1) is 5.92 Å². The van der Waals surface area contributed by atoms with Crippen molar-refractivity contribution in [3.63, 3.8) is 0 Å². The molecule has 1 nitrogen and oxygen atoms in total. The summed E-state index contributed by atoms with van der Waals surface area (Å²) in [7, 11) is 7.64. The number of hydrogen-bond acceptors (Lipinski definition) is 1. The Bertz CT molecular complexity index is 121. The molecule has 11 heavy (non-hydrogen) atoms. The van der Waals surface area contributed by atoms with Crippen molar-refractivity contribution in [1.82, 2.24) is 5.32 Å². The van der Waals surface area contributed by atoms with Gasteiger partial charge in [-0.2, -0.15) is 0 Å². The van der Waals surface area contributed by atoms with Crippen molar-refractivity contribution >= 4 is 7.85 Å². The van der Waals surface area contributed by atoms with E-state index < -0.39 is 0 Å². The van der Waals surface area contributed by atoms with Crippen molar-refractivity contribution in [2.45, 2.75) is 33.1 Å². The molecular formula is C9H18BN. The van der Waals surface area contributed by atoms with Gasteiger partial charge in [0.05, 0.1) is 0 Å². The highest BCUT2D eigenvalue weighted by Gasteiger charge is 2.01. The molecule has 0 aliphatic rings. The van der Waals surface area contributed by atoms with Gasteiger partial charge in [-0.25, -0.2) is 0 Å². The van der Waals surface area contributed by atoms with E-state index in [0.29, 0.717) is 5.92 Å². The van der Waals surface area contributed by atoms with Crippen LogP contribution in [0.25, 0.3) is 0 Å². The molecule has 0 saturated heterocycles. The SMILES string of the molecule is [B]/C(=C/NC)C(C)CCCC. The summed E-state index contributed by atoms with van der Waals surface area (Å²) in [5, 5.41) is 2.94. The second kappa shape index (κ2) is 6.32. The third-order valence-corrected chi connectivity index (χ3v) is 1.87. The maximum absolute atomic E-state index is 5.77. The van der Waals surface area contributed by atoms with Gasteiger partial charge in [-0.3, -0.25) is 0 Å². The molecule has 0 aromatic carbocycles. The molecular weight excluding hydrogens is 133 g/mol. The Morgan fingerprint density at radius 2 is 2.27 bits per heavy atom. The Kier molecular flexibility index (Phi) is 6.10. The molecule has 2 heteroatoms. The van der Waals surface area contributed by atoms with E-state index in [4.69, 9.17) is 7.85 Å². The zero-order valence-corrected chi connectivity index (χ0v) is 7.85. The average molecular weight is 151 g/mol. The molecule has 0 aromatic rings. The Balaban J connectivity index is 3.63. The van der Waals surface area contributed by atoms with Crippen LogP contribution < -0.4 is 5.32 Å². The van der Waals surface area contributed by atoms with Crippen molar-refractivity contribution in [3.05, 3.63) is 11.7 Å². The number of unbranched alkanes of at least 4 members (excludes halogenated alkanes) is 1. The van der Waals surface area contributed by atoms with Gasteiger partial charge in [0.1, 0.15) is 7.85 Å². The lowest BCUT2D eigenvalue weighted by Gasteiger charge is -2.11. The monoisotopic (exact) mass is 151 g/mol. The van der Waals surface area contributed by atoms with Gasteiger partial charge in [0, 0.05) is 7.05 Å². The molecule has 62 valence electrons. The second-order valence-electron chi connectivity index (χ2n) is 2.98. The van der Waals surface area contributed by atoms with Gasteiger partial charge in [0.15, 0.2) is 0 Å². The van der Waals surface area contributed by atoms with E-state index in [0.717, 1.165) is 5.47 Å². The molecule has 0 saturated carbocycles. The van der Waals surface area contributed by atoms with Crippen LogP contribution in [0.4, 0.5) is 0 Å². The van der Waals surface area contributed by atoms with Crippen LogP contribution in [0.3, 0.4) is 0 Å². The van der Waals surface area contributed by atoms with E-state index in [-0.39, 0.29) is 0 Å². The third kappa shape index (κ3) is 4.94. The van der Waals surface area contributed by atoms with Crippen LogP contribution in [-0.2, 0) is 0 Å². The van der Waals surface area contributed by atoms with Gasteiger partial charge in [0.2, 0.25) is 0 Å². The summed E-state index contributed by atoms with van der Waals surface area (Å²) in [4.78, 5) is 0. The Morgan fingerprint density at radius 3 is 2.73 bits per heavy atom. The van der Waals surface area contributed by atoms with Crippen LogP contribution in [0.15, 0.2) is 11.7 Å². The summed E-state index contributed by atoms with van der Waals surface area (Å²) in [6.07, 6.45) is 5.58. The summed E-state index contributed by atoms with van der Waals surface area (Å²) in [6, 6.07) is 0. The highest BCUT2D eigenvalue weighted by Crippen LogP contribution is 2.13. The van der Waals surface area contributed by atoms with E-state index in [1.165, 1.54) is 19.3 Å². The zero-order valence-electron chi connectivity index (χ0n) is 7.85. The molecule has 0 aliphatic heterocycles. The minimum Gasteiger partial charge on any atom is -0.395 e. The number of nitrogens with one attached hydrogen (secondary N) is 1. The summed E-state index contributed by atoms with van der Waals surface area (Å²) in [5.74, 6) is 0.516. The zero-order chi connectivity index (χ0) is 8.69. The normalized spacial score (nSPS) is 14.6. The van der Waals surface area contributed by atoms with Crippen LogP contribution in [0.2, 0.25) is 0 Å². The Morgan fingerprint density at radius 1 is 1.64 bits per heavy atom. The number of hydrogen-bond donors (Lipinski definition) is 1. The minimum atomic E-state index is 0.516. The molecule has 0 bridgehead atoms. The summed E-state index contributed by atoms with van der Waals surface area (Å²) >= 11 is 0. The fraction of sp³-hybridized carbons (Fsp3) is 0.778. The summed E-state index contributed by atoms with van der Waals surface area (Å²) in [5.41, 5.74) is 0.959. The number of allylic oxidation sites excluding steroid dienone is 1. The second-order valence-corrected chi connectivity index (χ2v) is 2.98. The van der Waals surface area contributed by atoms with Crippen LogP contribution >= 0.6 is 0 Å². The highest BCUT2D eigenvalue weighted by atomic mass is 14.8. The molecule has 0 heterocycles. The average Bonchev–Trinajstić information content (AvgIpc) is 2.00. The molecule has 0 aliphatic carbocycles. The van der Waals surface area contributed by atoms with E-state index in [9.17, 15) is 0 Å². The molecule has 0 spiro atoms. The van der Waals surface area contributed by atoms with E-state index >= 15 is 0 Å². The van der Waals surface area contributed by atoms with Gasteiger partial charge in [-0.15, -0.1) is 0 Å². The maximum atomic E-state index is 5.77. The quantitative estimate of drug-likeness (QED) is 0.593. The molecule has 0 aromatic heterocycles. The van der Waals surface area contributed by atoms with Crippen molar-refractivity contribution in [2.24, 2.45) is 5.92 Å². The van der Waals surface area contributed by atoms with Gasteiger partial charge < -0.3 is 5.32 Å². The van der Waals surface area contributed by atoms with Crippen molar-refractivity contribution < 1.29 is 0 Å². The van der Waals surface area contributed by atoms with Crippen LogP contribution in [0.5, 0.6) is 0 Å². The first-order valence-corrected chi connectivity index (χ1v) is 4.35. The fourth-order valence-electron chi connectivity index (χ4n) is 0.986. The summed E-state index contributed by atoms with van der Waals surface area (Å²) < 4.78 is 0. The third-order valence-electron chi connectivity index (χ3n) is 1.87. The van der Waals surface area contributed by atoms with Crippen LogP contribution in [0.1, 0.15) is 33.1 Å². The van der Waals surface area contributed by atoms with Gasteiger partial charge in [0.25, 0.3) is 0 Å². The Labute approximate surface area is 71.7 Å². The maximum Gasteiger partial charge on any atom is 0.110 e. The molecule has 0 fully saturated rings. The first-order chi connectivity index (χ1) is 5.22. The Hall–Kier alpha value is -0.395. The predicted octanol–water partition coefficient (Wildman–Crippen LogP) is 2.04. The smallest absolute Gasteiger partial charge is 0.110 e. The molecule has 2 radical (unpaired) electrons. The standard InChI is InChI=1S/C9H18BN/c1-4-5-6-8(2)9(10)7-11-3/h7-8,11H,4-6H2,1-3H3/b9-7+. The van der Waals surface area contributed by atoms with Crippen LogP contribution in [-0.4, -0.2) is 14.9 Å².